The summed E-state index contributed by atoms with van der Waals surface area (Å²) in [5.41, 5.74) is -0.750. The molecule has 1 saturated heterocycles. The van der Waals surface area contributed by atoms with Crippen LogP contribution in [0.5, 0.6) is 5.75 Å². The summed E-state index contributed by atoms with van der Waals surface area (Å²) in [7, 11) is 1.51. The van der Waals surface area contributed by atoms with Crippen molar-refractivity contribution in [3.8, 4) is 5.75 Å². The van der Waals surface area contributed by atoms with Gasteiger partial charge >= 0.3 is 11.8 Å². The van der Waals surface area contributed by atoms with E-state index >= 15 is 0 Å². The number of rotatable bonds is 3. The predicted octanol–water partition coefficient (Wildman–Crippen LogP) is 3.78. The van der Waals surface area contributed by atoms with E-state index in [0.29, 0.717) is 35.5 Å². The molecule has 2 heterocycles. The van der Waals surface area contributed by atoms with Crippen LogP contribution in [0.3, 0.4) is 0 Å². The maximum absolute atomic E-state index is 13.0. The molecule has 1 aliphatic rings. The molecule has 0 spiro atoms. The van der Waals surface area contributed by atoms with Crippen LogP contribution in [0, 0.1) is 0 Å². The summed E-state index contributed by atoms with van der Waals surface area (Å²) in [6, 6.07) is 11.5. The first kappa shape index (κ1) is 20.8. The lowest BCUT2D eigenvalue weighted by molar-refractivity contribution is -0.137. The smallest absolute Gasteiger partial charge is 0.416 e. The van der Waals surface area contributed by atoms with Crippen LogP contribution in [0.2, 0.25) is 0 Å². The van der Waals surface area contributed by atoms with Crippen molar-refractivity contribution in [2.45, 2.75) is 6.18 Å². The van der Waals surface area contributed by atoms with Crippen LogP contribution < -0.4 is 15.3 Å². The van der Waals surface area contributed by atoms with Crippen LogP contribution in [0.1, 0.15) is 15.9 Å². The number of alkyl halides is 3. The normalized spacial score (nSPS) is 14.7. The minimum atomic E-state index is -4.42. The first-order valence-electron chi connectivity index (χ1n) is 9.59. The van der Waals surface area contributed by atoms with E-state index in [4.69, 9.17) is 9.15 Å². The predicted molar refractivity (Wildman–Crippen MR) is 109 cm³/mol. The standard InChI is InChI=1S/C22H19F3N2O4/c1-30-17-5-6-19-14(11-17)12-18(21(29)31-19)20(28)27-9-7-26(8-10-27)16-4-2-3-15(13-16)22(23,24)25/h2-6,11-13H,7-10H2,1H3. The SMILES string of the molecule is COc1ccc2oc(=O)c(C(=O)N3CCN(c4cccc(C(F)(F)F)c4)CC3)cc2c1. The van der Waals surface area contributed by atoms with Gasteiger partial charge in [-0.05, 0) is 42.5 Å². The Kier molecular flexibility index (Phi) is 5.34. The van der Waals surface area contributed by atoms with Gasteiger partial charge in [-0.1, -0.05) is 6.07 Å². The number of halogens is 3. The first-order chi connectivity index (χ1) is 14.8. The van der Waals surface area contributed by atoms with E-state index in [2.05, 4.69) is 0 Å². The van der Waals surface area contributed by atoms with Crippen LogP contribution in [0.15, 0.2) is 57.7 Å². The number of piperazine rings is 1. The Balaban J connectivity index is 1.51. The van der Waals surface area contributed by atoms with Crippen LogP contribution in [0.4, 0.5) is 18.9 Å². The monoisotopic (exact) mass is 432 g/mol. The van der Waals surface area contributed by atoms with Crippen LogP contribution >= 0.6 is 0 Å². The van der Waals surface area contributed by atoms with Crippen molar-refractivity contribution in [3.05, 3.63) is 70.1 Å². The van der Waals surface area contributed by atoms with Gasteiger partial charge in [0.05, 0.1) is 12.7 Å². The topological polar surface area (TPSA) is 63.0 Å². The van der Waals surface area contributed by atoms with Gasteiger partial charge in [0.15, 0.2) is 0 Å². The van der Waals surface area contributed by atoms with E-state index in [0.717, 1.165) is 12.1 Å². The number of nitrogens with zero attached hydrogens (tertiary/aromatic N) is 2. The molecule has 0 aliphatic carbocycles. The highest BCUT2D eigenvalue weighted by Crippen LogP contribution is 2.32. The number of carbonyl (C=O) groups is 1. The number of ether oxygens (including phenoxy) is 1. The summed E-state index contributed by atoms with van der Waals surface area (Å²) in [4.78, 5) is 28.5. The van der Waals surface area contributed by atoms with Crippen LogP contribution in [-0.2, 0) is 6.18 Å². The van der Waals surface area contributed by atoms with Crippen molar-refractivity contribution in [1.29, 1.82) is 0 Å². The molecule has 2 aromatic carbocycles. The minimum absolute atomic E-state index is 0.0896. The molecule has 0 N–H and O–H groups in total. The van der Waals surface area contributed by atoms with Crippen molar-refractivity contribution in [2.24, 2.45) is 0 Å². The lowest BCUT2D eigenvalue weighted by Gasteiger charge is -2.36. The third-order valence-corrected chi connectivity index (χ3v) is 5.28. The maximum Gasteiger partial charge on any atom is 0.416 e. The van der Waals surface area contributed by atoms with Gasteiger partial charge in [-0.3, -0.25) is 4.79 Å². The fourth-order valence-electron chi connectivity index (χ4n) is 3.59. The third-order valence-electron chi connectivity index (χ3n) is 5.28. The minimum Gasteiger partial charge on any atom is -0.497 e. The Hall–Kier alpha value is -3.49. The van der Waals surface area contributed by atoms with Crippen molar-refractivity contribution in [2.75, 3.05) is 38.2 Å². The van der Waals surface area contributed by atoms with E-state index in [1.54, 1.807) is 29.2 Å². The molecule has 3 aromatic rings. The zero-order chi connectivity index (χ0) is 22.2. The lowest BCUT2D eigenvalue weighted by atomic mass is 10.1. The molecule has 0 bridgehead atoms. The van der Waals surface area contributed by atoms with E-state index in [1.165, 1.54) is 24.1 Å². The summed E-state index contributed by atoms with van der Waals surface area (Å²) < 4.78 is 49.3. The molecule has 162 valence electrons. The molecule has 0 saturated carbocycles. The van der Waals surface area contributed by atoms with Crippen molar-refractivity contribution < 1.29 is 27.1 Å². The maximum atomic E-state index is 13.0. The Morgan fingerprint density at radius 2 is 1.77 bits per heavy atom. The number of hydrogen-bond acceptors (Lipinski definition) is 5. The molecule has 0 radical (unpaired) electrons. The summed E-state index contributed by atoms with van der Waals surface area (Å²) in [5, 5.41) is 0.560. The zero-order valence-corrected chi connectivity index (χ0v) is 16.6. The number of hydrogen-bond donors (Lipinski definition) is 0. The van der Waals surface area contributed by atoms with E-state index in [9.17, 15) is 22.8 Å². The average molecular weight is 432 g/mol. The molecular weight excluding hydrogens is 413 g/mol. The van der Waals surface area contributed by atoms with Crippen LogP contribution in [0.25, 0.3) is 11.0 Å². The Morgan fingerprint density at radius 1 is 1.03 bits per heavy atom. The molecule has 0 unspecified atom stereocenters. The second-order valence-electron chi connectivity index (χ2n) is 7.18. The summed E-state index contributed by atoms with van der Waals surface area (Å²) >= 11 is 0. The molecule has 1 fully saturated rings. The number of amides is 1. The van der Waals surface area contributed by atoms with Gasteiger partial charge in [-0.15, -0.1) is 0 Å². The molecular formula is C22H19F3N2O4. The number of benzene rings is 2. The Labute approximate surface area is 175 Å². The van der Waals surface area contributed by atoms with Gasteiger partial charge in [-0.2, -0.15) is 13.2 Å². The largest absolute Gasteiger partial charge is 0.497 e. The fourth-order valence-corrected chi connectivity index (χ4v) is 3.59. The van der Waals surface area contributed by atoms with Gasteiger partial charge in [-0.25, -0.2) is 4.79 Å². The Morgan fingerprint density at radius 3 is 2.45 bits per heavy atom. The molecule has 31 heavy (non-hydrogen) atoms. The van der Waals surface area contributed by atoms with Crippen molar-refractivity contribution >= 4 is 22.6 Å². The van der Waals surface area contributed by atoms with E-state index in [-0.39, 0.29) is 18.7 Å². The van der Waals surface area contributed by atoms with Gasteiger partial charge in [0.2, 0.25) is 0 Å². The quantitative estimate of drug-likeness (QED) is 0.590. The molecule has 4 rings (SSSR count). The molecule has 0 atom stereocenters. The number of fused-ring (bicyclic) bond motifs is 1. The van der Waals surface area contributed by atoms with E-state index in [1.807, 2.05) is 0 Å². The molecule has 1 amide bonds. The zero-order valence-electron chi connectivity index (χ0n) is 16.6. The first-order valence-corrected chi connectivity index (χ1v) is 9.59. The van der Waals surface area contributed by atoms with Crippen molar-refractivity contribution in [1.82, 2.24) is 4.90 Å². The van der Waals surface area contributed by atoms with Gasteiger partial charge in [0.25, 0.3) is 5.91 Å². The highest BCUT2D eigenvalue weighted by molar-refractivity contribution is 5.97. The Bertz CT molecular complexity index is 1180. The summed E-state index contributed by atoms with van der Waals surface area (Å²) in [6.07, 6.45) is -4.42. The highest BCUT2D eigenvalue weighted by atomic mass is 19.4. The second kappa shape index (κ2) is 7.98. The fraction of sp³-hybridized carbons (Fsp3) is 0.273. The van der Waals surface area contributed by atoms with Gasteiger partial charge in [0, 0.05) is 37.3 Å². The van der Waals surface area contributed by atoms with E-state index < -0.39 is 23.3 Å². The lowest BCUT2D eigenvalue weighted by Crippen LogP contribution is -2.49. The van der Waals surface area contributed by atoms with Gasteiger partial charge < -0.3 is 19.0 Å². The van der Waals surface area contributed by atoms with Crippen molar-refractivity contribution in [3.63, 3.8) is 0 Å². The average Bonchev–Trinajstić information content (AvgIpc) is 2.77. The molecule has 1 aromatic heterocycles. The second-order valence-corrected chi connectivity index (χ2v) is 7.18. The van der Waals surface area contributed by atoms with Gasteiger partial charge in [0.1, 0.15) is 16.9 Å². The number of anilines is 1. The molecule has 6 nitrogen and oxygen atoms in total. The van der Waals surface area contributed by atoms with Crippen LogP contribution in [-0.4, -0.2) is 44.1 Å². The highest BCUT2D eigenvalue weighted by Gasteiger charge is 2.31. The number of carbonyl (C=O) groups excluding carboxylic acids is 1. The molecule has 9 heteroatoms. The summed E-state index contributed by atoms with van der Waals surface area (Å²) in [5.74, 6) is 0.0941. The third kappa shape index (κ3) is 4.21. The summed E-state index contributed by atoms with van der Waals surface area (Å²) in [6.45, 7) is 1.23. The molecule has 1 aliphatic heterocycles. The number of methoxy groups -OCH3 is 1.